The van der Waals surface area contributed by atoms with Crippen molar-refractivity contribution < 1.29 is 68.6 Å². The first-order chi connectivity index (χ1) is 32.8. The van der Waals surface area contributed by atoms with Gasteiger partial charge in [-0.3, -0.25) is 24.0 Å². The Labute approximate surface area is 410 Å². The molecule has 2 aliphatic carbocycles. The third-order valence-electron chi connectivity index (χ3n) is 13.6. The molecule has 21 heteroatoms. The third kappa shape index (κ3) is 12.7. The Morgan fingerprint density at radius 3 is 1.32 bits per heavy atom. The summed E-state index contributed by atoms with van der Waals surface area (Å²) in [6.45, 7) is 16.6. The highest BCUT2D eigenvalue weighted by Gasteiger charge is 2.47. The van der Waals surface area contributed by atoms with E-state index in [0.717, 1.165) is 61.6 Å². The first-order valence-corrected chi connectivity index (χ1v) is 24.3. The van der Waals surface area contributed by atoms with Gasteiger partial charge >= 0.3 is 18.8 Å². The number of anilines is 2. The lowest BCUT2D eigenvalue weighted by molar-refractivity contribution is -0.139. The van der Waals surface area contributed by atoms with Crippen LogP contribution in [0.5, 0.6) is 11.5 Å². The molecular formula is C50H68F8N6O7. The second-order valence-electron chi connectivity index (χ2n) is 20.7. The van der Waals surface area contributed by atoms with E-state index in [2.05, 4.69) is 13.8 Å². The molecule has 4 aliphatic rings. The van der Waals surface area contributed by atoms with Gasteiger partial charge in [-0.05, 0) is 143 Å². The number of hydrogen-bond acceptors (Lipinski definition) is 8. The molecule has 2 aromatic rings. The maximum Gasteiger partial charge on any atom is 0.417 e. The molecule has 0 spiro atoms. The highest BCUT2D eigenvalue weighted by atomic mass is 19.4. The molecule has 5 amide bonds. The molecule has 0 aromatic heterocycles. The lowest BCUT2D eigenvalue weighted by Crippen LogP contribution is -2.54. The van der Waals surface area contributed by atoms with Crippen molar-refractivity contribution in [2.24, 2.45) is 17.6 Å². The number of nitrogens with zero attached hydrogens (tertiary/aromatic N) is 4. The van der Waals surface area contributed by atoms with Crippen molar-refractivity contribution in [2.45, 2.75) is 175 Å². The summed E-state index contributed by atoms with van der Waals surface area (Å²) >= 11 is 0. The number of carbonyl (C=O) groups excluding carboxylic acids is 5. The molecule has 0 radical (unpaired) electrons. The molecule has 6 rings (SSSR count). The van der Waals surface area contributed by atoms with Crippen LogP contribution in [0.2, 0.25) is 0 Å². The molecule has 71 heavy (non-hydrogen) atoms. The normalized spacial score (nSPS) is 21.9. The van der Waals surface area contributed by atoms with Crippen LogP contribution in [0.15, 0.2) is 24.3 Å². The summed E-state index contributed by atoms with van der Waals surface area (Å²) in [4.78, 5) is 70.2. The van der Waals surface area contributed by atoms with Gasteiger partial charge in [0.2, 0.25) is 0 Å². The fourth-order valence-corrected chi connectivity index (χ4v) is 9.96. The van der Waals surface area contributed by atoms with Gasteiger partial charge in [-0.25, -0.2) is 0 Å². The summed E-state index contributed by atoms with van der Waals surface area (Å²) < 4.78 is 122. The molecule has 2 fully saturated rings. The smallest absolute Gasteiger partial charge is 0.417 e. The second-order valence-corrected chi connectivity index (χ2v) is 20.7. The molecule has 2 aliphatic heterocycles. The maximum atomic E-state index is 14.2. The number of fused-ring (bicyclic) bond motifs is 2. The molecular weight excluding hydrogens is 949 g/mol. The summed E-state index contributed by atoms with van der Waals surface area (Å²) in [5, 5.41) is 1.98. The van der Waals surface area contributed by atoms with Gasteiger partial charge in [0.1, 0.15) is 11.5 Å². The van der Waals surface area contributed by atoms with Crippen LogP contribution < -0.4 is 30.3 Å². The number of alkyl halides is 8. The predicted octanol–water partition coefficient (Wildman–Crippen LogP) is 9.62. The van der Waals surface area contributed by atoms with Gasteiger partial charge in [-0.2, -0.15) is 35.1 Å². The van der Waals surface area contributed by atoms with Gasteiger partial charge in [0.25, 0.3) is 29.5 Å². The Balaban J connectivity index is 0.000000267. The van der Waals surface area contributed by atoms with Crippen molar-refractivity contribution in [1.29, 1.82) is 0 Å². The van der Waals surface area contributed by atoms with Crippen molar-refractivity contribution in [3.8, 4) is 11.5 Å². The Hall–Kier alpha value is -5.21. The lowest BCUT2D eigenvalue weighted by atomic mass is 9.85. The zero-order valence-corrected chi connectivity index (χ0v) is 42.1. The minimum absolute atomic E-state index is 0.0838. The van der Waals surface area contributed by atoms with E-state index in [0.29, 0.717) is 30.7 Å². The second kappa shape index (κ2) is 21.9. The van der Waals surface area contributed by atoms with Crippen LogP contribution in [-0.4, -0.2) is 107 Å². The minimum Gasteiger partial charge on any atom is -0.476 e. The SMILES string of the molecule is CC1CCC(N(C(=O)c2cc3c(cc2C(F)(F)F)OC(C)(C)C(=O)N3CCN)C(C)C)CC1.CC1CCC(N(C(=O)c2cc3c(cc2C(F)(F)F)OC(C)(C)C(=O)N3CCNC(=O)C(F)F)C(C)C)CC1. The number of amides is 5. The summed E-state index contributed by atoms with van der Waals surface area (Å²) in [6.07, 6.45) is -6.50. The first-order valence-electron chi connectivity index (χ1n) is 24.3. The van der Waals surface area contributed by atoms with Crippen molar-refractivity contribution in [3.05, 3.63) is 46.5 Å². The summed E-state index contributed by atoms with van der Waals surface area (Å²) in [5.41, 5.74) is -0.542. The van der Waals surface area contributed by atoms with E-state index in [1.165, 1.54) is 37.5 Å². The zero-order valence-electron chi connectivity index (χ0n) is 42.1. The van der Waals surface area contributed by atoms with Crippen LogP contribution in [0.4, 0.5) is 46.5 Å². The Kier molecular flexibility index (Phi) is 17.5. The molecule has 2 saturated carbocycles. The number of rotatable bonds is 12. The molecule has 0 saturated heterocycles. The van der Waals surface area contributed by atoms with E-state index >= 15 is 0 Å². The summed E-state index contributed by atoms with van der Waals surface area (Å²) in [5.74, 6) is -3.45. The fourth-order valence-electron chi connectivity index (χ4n) is 9.96. The van der Waals surface area contributed by atoms with Gasteiger partial charge in [-0.1, -0.05) is 13.8 Å². The summed E-state index contributed by atoms with van der Waals surface area (Å²) in [6, 6.07) is 2.70. The number of hydrogen-bond donors (Lipinski definition) is 2. The van der Waals surface area contributed by atoms with Crippen LogP contribution >= 0.6 is 0 Å². The quantitative estimate of drug-likeness (QED) is 0.199. The molecule has 0 atom stereocenters. The highest BCUT2D eigenvalue weighted by molar-refractivity contribution is 6.06. The molecule has 3 N–H and O–H groups in total. The van der Waals surface area contributed by atoms with Crippen molar-refractivity contribution in [1.82, 2.24) is 15.1 Å². The topological polar surface area (TPSA) is 155 Å². The average Bonchev–Trinajstić information content (AvgIpc) is 3.26. The van der Waals surface area contributed by atoms with Crippen LogP contribution in [0.3, 0.4) is 0 Å². The highest BCUT2D eigenvalue weighted by Crippen LogP contribution is 2.47. The average molecular weight is 1020 g/mol. The van der Waals surface area contributed by atoms with E-state index in [1.807, 2.05) is 19.2 Å². The van der Waals surface area contributed by atoms with Crippen LogP contribution in [0.25, 0.3) is 0 Å². The Bertz CT molecular complexity index is 2290. The van der Waals surface area contributed by atoms with E-state index in [4.69, 9.17) is 15.2 Å². The van der Waals surface area contributed by atoms with Crippen LogP contribution in [0.1, 0.15) is 152 Å². The van der Waals surface area contributed by atoms with E-state index in [9.17, 15) is 59.1 Å². The minimum atomic E-state index is -4.89. The van der Waals surface area contributed by atoms with Gasteiger partial charge < -0.3 is 40.1 Å². The fraction of sp³-hybridized carbons (Fsp3) is 0.660. The van der Waals surface area contributed by atoms with Gasteiger partial charge in [-0.15, -0.1) is 0 Å². The monoisotopic (exact) mass is 1020 g/mol. The third-order valence-corrected chi connectivity index (χ3v) is 13.6. The van der Waals surface area contributed by atoms with Crippen molar-refractivity contribution >= 4 is 40.9 Å². The Morgan fingerprint density at radius 1 is 0.662 bits per heavy atom. The molecule has 13 nitrogen and oxygen atoms in total. The maximum absolute atomic E-state index is 14.2. The molecule has 396 valence electrons. The number of carbonyl (C=O) groups is 5. The van der Waals surface area contributed by atoms with E-state index in [-0.39, 0.29) is 73.2 Å². The standard InChI is InChI=1S/C26H34F5N3O4.C24H34F3N3O3/c1-14(2)34(16-8-6-15(3)7-9-16)23(36)17-12-19-20(13-18(17)26(29,30)31)38-25(4,5)24(37)33(19)11-10-32-22(35)21(27)28;1-14(2)30(16-8-6-15(3)7-9-16)21(31)17-12-19-20(13-18(17)24(25,26)27)33-23(4,5)22(32)29(19)11-10-28/h12-16,21H,6-11H2,1-5H3,(H,32,35);12-16H,6-11,28H2,1-5H3. The number of nitrogens with one attached hydrogen (secondary N) is 1. The van der Waals surface area contributed by atoms with E-state index < -0.39 is 81.8 Å². The van der Waals surface area contributed by atoms with Crippen LogP contribution in [-0.2, 0) is 26.7 Å². The van der Waals surface area contributed by atoms with Gasteiger partial charge in [0.15, 0.2) is 11.2 Å². The number of halogens is 8. The van der Waals surface area contributed by atoms with Crippen molar-refractivity contribution in [3.63, 3.8) is 0 Å². The molecule has 0 bridgehead atoms. The Morgan fingerprint density at radius 2 is 1.01 bits per heavy atom. The van der Waals surface area contributed by atoms with Crippen LogP contribution in [0, 0.1) is 11.8 Å². The number of nitrogens with two attached hydrogens (primary N) is 1. The van der Waals surface area contributed by atoms with Gasteiger partial charge in [0, 0.05) is 50.3 Å². The number of ether oxygens (including phenoxy) is 2. The van der Waals surface area contributed by atoms with Gasteiger partial charge in [0.05, 0.1) is 33.6 Å². The summed E-state index contributed by atoms with van der Waals surface area (Å²) in [7, 11) is 0. The predicted molar refractivity (Wildman–Crippen MR) is 251 cm³/mol. The van der Waals surface area contributed by atoms with E-state index in [1.54, 1.807) is 18.7 Å². The van der Waals surface area contributed by atoms with Crippen molar-refractivity contribution in [2.75, 3.05) is 36.0 Å². The molecule has 0 unspecified atom stereocenters. The largest absolute Gasteiger partial charge is 0.476 e. The molecule has 2 heterocycles. The number of benzene rings is 2. The molecule has 2 aromatic carbocycles. The lowest BCUT2D eigenvalue weighted by Gasteiger charge is -2.41. The first kappa shape index (κ1) is 56.7. The zero-order chi connectivity index (χ0) is 53.3.